The van der Waals surface area contributed by atoms with E-state index in [1.807, 2.05) is 18.2 Å². The number of rotatable bonds is 3. The maximum atomic E-state index is 4.80. The zero-order valence-corrected chi connectivity index (χ0v) is 13.9. The molecule has 4 heteroatoms. The first-order valence-electron chi connectivity index (χ1n) is 8.69. The average molecular weight is 308 g/mol. The van der Waals surface area contributed by atoms with E-state index in [-0.39, 0.29) is 0 Å². The zero-order valence-electron chi connectivity index (χ0n) is 13.9. The highest BCUT2D eigenvalue weighted by Crippen LogP contribution is 2.27. The first-order chi connectivity index (χ1) is 11.2. The molecule has 1 fully saturated rings. The van der Waals surface area contributed by atoms with E-state index < -0.39 is 0 Å². The van der Waals surface area contributed by atoms with Gasteiger partial charge in [-0.3, -0.25) is 4.40 Å². The van der Waals surface area contributed by atoms with E-state index in [0.717, 1.165) is 47.6 Å². The van der Waals surface area contributed by atoms with Crippen LogP contribution in [0.2, 0.25) is 0 Å². The summed E-state index contributed by atoms with van der Waals surface area (Å²) in [5.41, 5.74) is 2.13. The second kappa shape index (κ2) is 5.84. The van der Waals surface area contributed by atoms with Crippen LogP contribution in [0.15, 0.2) is 36.5 Å². The van der Waals surface area contributed by atoms with Crippen molar-refractivity contribution < 1.29 is 0 Å². The molecule has 0 amide bonds. The summed E-state index contributed by atoms with van der Waals surface area (Å²) in [4.78, 5) is 11.9. The molecule has 23 heavy (non-hydrogen) atoms. The van der Waals surface area contributed by atoms with Crippen molar-refractivity contribution in [2.45, 2.75) is 33.1 Å². The molecule has 4 nitrogen and oxygen atoms in total. The normalized spacial score (nSPS) is 16.7. The van der Waals surface area contributed by atoms with Crippen molar-refractivity contribution in [2.24, 2.45) is 11.8 Å². The molecule has 0 radical (unpaired) electrons. The SMILES string of the molecule is CC(C)CC1CCN(c2ccn3c(n2)nc2ccccc23)CC1. The minimum atomic E-state index is 0.799. The van der Waals surface area contributed by atoms with Gasteiger partial charge in [-0.1, -0.05) is 26.0 Å². The maximum absolute atomic E-state index is 4.80. The van der Waals surface area contributed by atoms with Crippen molar-refractivity contribution >= 4 is 22.6 Å². The van der Waals surface area contributed by atoms with Gasteiger partial charge in [-0.15, -0.1) is 0 Å². The summed E-state index contributed by atoms with van der Waals surface area (Å²) < 4.78 is 2.07. The molecule has 0 unspecified atom stereocenters. The number of para-hydroxylation sites is 2. The fourth-order valence-electron chi connectivity index (χ4n) is 3.78. The number of hydrogen-bond donors (Lipinski definition) is 0. The number of nitrogens with zero attached hydrogens (tertiary/aromatic N) is 4. The predicted octanol–water partition coefficient (Wildman–Crippen LogP) is 4.15. The molecule has 1 aliphatic heterocycles. The molecule has 0 atom stereocenters. The van der Waals surface area contributed by atoms with Gasteiger partial charge in [0, 0.05) is 19.3 Å². The Labute approximate surface area is 137 Å². The summed E-state index contributed by atoms with van der Waals surface area (Å²) in [6.07, 6.45) is 6.02. The van der Waals surface area contributed by atoms with Crippen molar-refractivity contribution in [1.29, 1.82) is 0 Å². The quantitative estimate of drug-likeness (QED) is 0.729. The van der Waals surface area contributed by atoms with Gasteiger partial charge in [-0.2, -0.15) is 4.98 Å². The van der Waals surface area contributed by atoms with E-state index in [4.69, 9.17) is 4.98 Å². The summed E-state index contributed by atoms with van der Waals surface area (Å²) in [6, 6.07) is 10.3. The second-order valence-corrected chi connectivity index (χ2v) is 7.12. The van der Waals surface area contributed by atoms with Crippen LogP contribution >= 0.6 is 0 Å². The zero-order chi connectivity index (χ0) is 15.8. The second-order valence-electron chi connectivity index (χ2n) is 7.12. The fourth-order valence-corrected chi connectivity index (χ4v) is 3.78. The Balaban J connectivity index is 1.57. The van der Waals surface area contributed by atoms with Gasteiger partial charge in [0.1, 0.15) is 5.82 Å². The first kappa shape index (κ1) is 14.5. The summed E-state index contributed by atoms with van der Waals surface area (Å²) >= 11 is 0. The predicted molar refractivity (Wildman–Crippen MR) is 94.9 cm³/mol. The van der Waals surface area contributed by atoms with Gasteiger partial charge in [-0.05, 0) is 49.3 Å². The van der Waals surface area contributed by atoms with E-state index in [0.29, 0.717) is 0 Å². The number of anilines is 1. The minimum absolute atomic E-state index is 0.799. The fraction of sp³-hybridized carbons (Fsp3) is 0.474. The molecule has 0 N–H and O–H groups in total. The van der Waals surface area contributed by atoms with Crippen LogP contribution in [-0.4, -0.2) is 27.5 Å². The van der Waals surface area contributed by atoms with Crippen LogP contribution in [0.4, 0.5) is 5.82 Å². The number of benzene rings is 1. The number of fused-ring (bicyclic) bond motifs is 3. The third kappa shape index (κ3) is 2.78. The lowest BCUT2D eigenvalue weighted by molar-refractivity contribution is 0.337. The smallest absolute Gasteiger partial charge is 0.236 e. The van der Waals surface area contributed by atoms with Crippen molar-refractivity contribution in [3.05, 3.63) is 36.5 Å². The number of hydrogen-bond acceptors (Lipinski definition) is 3. The molecular formula is C19H24N4. The minimum Gasteiger partial charge on any atom is -0.356 e. The van der Waals surface area contributed by atoms with Crippen molar-refractivity contribution in [1.82, 2.24) is 14.4 Å². The van der Waals surface area contributed by atoms with E-state index in [9.17, 15) is 0 Å². The molecule has 3 heterocycles. The summed E-state index contributed by atoms with van der Waals surface area (Å²) in [7, 11) is 0. The molecule has 0 bridgehead atoms. The monoisotopic (exact) mass is 308 g/mol. The Kier molecular flexibility index (Phi) is 3.68. The summed E-state index contributed by atoms with van der Waals surface area (Å²) in [5, 5.41) is 0. The molecule has 0 spiro atoms. The number of imidazole rings is 1. The molecule has 0 aliphatic carbocycles. The van der Waals surface area contributed by atoms with Crippen LogP contribution in [0.25, 0.3) is 16.8 Å². The van der Waals surface area contributed by atoms with Crippen LogP contribution in [0, 0.1) is 11.8 Å². The Morgan fingerprint density at radius 3 is 2.65 bits per heavy atom. The van der Waals surface area contributed by atoms with Crippen LogP contribution in [0.1, 0.15) is 33.1 Å². The van der Waals surface area contributed by atoms with Gasteiger partial charge in [0.2, 0.25) is 5.78 Å². The van der Waals surface area contributed by atoms with Gasteiger partial charge >= 0.3 is 0 Å². The molecule has 2 aromatic heterocycles. The van der Waals surface area contributed by atoms with Gasteiger partial charge in [0.15, 0.2) is 0 Å². The lowest BCUT2D eigenvalue weighted by Crippen LogP contribution is -2.34. The molecule has 120 valence electrons. The van der Waals surface area contributed by atoms with Gasteiger partial charge in [0.25, 0.3) is 0 Å². The van der Waals surface area contributed by atoms with Crippen molar-refractivity contribution in [3.8, 4) is 0 Å². The Hall–Kier alpha value is -2.10. The van der Waals surface area contributed by atoms with Crippen LogP contribution in [0.3, 0.4) is 0 Å². The Bertz CT molecular complexity index is 812. The maximum Gasteiger partial charge on any atom is 0.236 e. The molecule has 4 rings (SSSR count). The van der Waals surface area contributed by atoms with E-state index >= 15 is 0 Å². The Morgan fingerprint density at radius 1 is 1.09 bits per heavy atom. The lowest BCUT2D eigenvalue weighted by Gasteiger charge is -2.33. The van der Waals surface area contributed by atoms with Crippen LogP contribution in [-0.2, 0) is 0 Å². The highest BCUT2D eigenvalue weighted by atomic mass is 15.2. The molecule has 1 aliphatic rings. The van der Waals surface area contributed by atoms with Crippen molar-refractivity contribution in [2.75, 3.05) is 18.0 Å². The molecular weight excluding hydrogens is 284 g/mol. The van der Waals surface area contributed by atoms with Crippen LogP contribution < -0.4 is 4.90 Å². The van der Waals surface area contributed by atoms with Gasteiger partial charge in [0.05, 0.1) is 11.0 Å². The topological polar surface area (TPSA) is 33.4 Å². The van der Waals surface area contributed by atoms with E-state index in [1.165, 1.54) is 19.3 Å². The lowest BCUT2D eigenvalue weighted by atomic mass is 9.89. The molecule has 1 aromatic carbocycles. The number of piperidine rings is 1. The average Bonchev–Trinajstić information content (AvgIpc) is 2.92. The van der Waals surface area contributed by atoms with Crippen molar-refractivity contribution in [3.63, 3.8) is 0 Å². The molecule has 0 saturated carbocycles. The Morgan fingerprint density at radius 2 is 1.87 bits per heavy atom. The highest BCUT2D eigenvalue weighted by Gasteiger charge is 2.21. The van der Waals surface area contributed by atoms with Crippen LogP contribution in [0.5, 0.6) is 0 Å². The summed E-state index contributed by atoms with van der Waals surface area (Å²) in [5.74, 6) is 3.55. The van der Waals surface area contributed by atoms with Gasteiger partial charge < -0.3 is 4.90 Å². The van der Waals surface area contributed by atoms with E-state index in [2.05, 4.69) is 46.5 Å². The van der Waals surface area contributed by atoms with E-state index in [1.54, 1.807) is 0 Å². The third-order valence-corrected chi connectivity index (χ3v) is 4.91. The third-order valence-electron chi connectivity index (χ3n) is 4.91. The summed E-state index contributed by atoms with van der Waals surface area (Å²) in [6.45, 7) is 6.87. The highest BCUT2D eigenvalue weighted by molar-refractivity contribution is 5.79. The van der Waals surface area contributed by atoms with Gasteiger partial charge in [-0.25, -0.2) is 4.98 Å². The number of aromatic nitrogens is 3. The molecule has 3 aromatic rings. The standard InChI is InChI=1S/C19H24N4/c1-14(2)13-15-7-10-22(11-8-15)18-9-12-23-17-6-4-3-5-16(17)20-19(23)21-18/h3-6,9,12,14-15H,7-8,10-11,13H2,1-2H3. The first-order valence-corrected chi connectivity index (χ1v) is 8.69. The largest absolute Gasteiger partial charge is 0.356 e. The molecule has 1 saturated heterocycles.